The zero-order chi connectivity index (χ0) is 36.7. The molecule has 0 radical (unpaired) electrons. The van der Waals surface area contributed by atoms with Crippen molar-refractivity contribution in [1.29, 1.82) is 0 Å². The summed E-state index contributed by atoms with van der Waals surface area (Å²) in [5.41, 5.74) is 8.69. The quantitative estimate of drug-likeness (QED) is 0.131. The van der Waals surface area contributed by atoms with Crippen molar-refractivity contribution in [1.82, 2.24) is 0 Å². The van der Waals surface area contributed by atoms with Crippen LogP contribution in [0.5, 0.6) is 11.5 Å². The summed E-state index contributed by atoms with van der Waals surface area (Å²) in [7, 11) is 0. The molecule has 0 aliphatic carbocycles. The van der Waals surface area contributed by atoms with Crippen molar-refractivity contribution in [3.8, 4) is 33.8 Å². The van der Waals surface area contributed by atoms with E-state index in [2.05, 4.69) is 200 Å². The van der Waals surface area contributed by atoms with Crippen molar-refractivity contribution in [2.45, 2.75) is 5.92 Å². The van der Waals surface area contributed by atoms with Crippen molar-refractivity contribution in [3.05, 3.63) is 217 Å². The summed E-state index contributed by atoms with van der Waals surface area (Å²) in [6.45, 7) is 0. The zero-order valence-electron chi connectivity index (χ0n) is 30.5. The van der Waals surface area contributed by atoms with Crippen LogP contribution >= 0.6 is 0 Å². The largest absolute Gasteiger partial charge is 0.455 e. The molecule has 1 aliphatic rings. The monoisotopic (exact) mass is 710 g/mol. The third kappa shape index (κ3) is 4.43. The minimum absolute atomic E-state index is 0.0687. The molecule has 11 aromatic carbocycles. The van der Waals surface area contributed by atoms with Crippen molar-refractivity contribution in [3.63, 3.8) is 0 Å². The fourth-order valence-electron chi connectivity index (χ4n) is 9.84. The summed E-state index contributed by atoms with van der Waals surface area (Å²) in [6.07, 6.45) is 0. The Morgan fingerprint density at radius 2 is 0.554 bits per heavy atom. The van der Waals surface area contributed by atoms with E-state index in [4.69, 9.17) is 4.74 Å². The van der Waals surface area contributed by atoms with E-state index >= 15 is 0 Å². The Balaban J connectivity index is 1.15. The minimum atomic E-state index is -0.0687. The summed E-state index contributed by atoms with van der Waals surface area (Å²) < 4.78 is 7.31. The number of fused-ring (bicyclic) bond motifs is 14. The first-order valence-electron chi connectivity index (χ1n) is 19.5. The van der Waals surface area contributed by atoms with E-state index < -0.39 is 0 Å². The third-order valence-corrected chi connectivity index (χ3v) is 12.2. The van der Waals surface area contributed by atoms with Crippen LogP contribution in [0.4, 0.5) is 0 Å². The number of rotatable bonds is 3. The average molecular weight is 711 g/mol. The first-order chi connectivity index (χ1) is 27.8. The maximum absolute atomic E-state index is 7.31. The lowest BCUT2D eigenvalue weighted by atomic mass is 9.76. The number of hydrogen-bond acceptors (Lipinski definition) is 1. The maximum Gasteiger partial charge on any atom is 0.140 e. The molecule has 0 amide bonds. The molecule has 11 aromatic rings. The second kappa shape index (κ2) is 12.1. The van der Waals surface area contributed by atoms with E-state index in [9.17, 15) is 0 Å². The second-order valence-electron chi connectivity index (χ2n) is 15.0. The van der Waals surface area contributed by atoms with Crippen molar-refractivity contribution >= 4 is 64.6 Å². The molecule has 1 heteroatoms. The fourth-order valence-corrected chi connectivity index (χ4v) is 9.84. The van der Waals surface area contributed by atoms with Gasteiger partial charge in [0.2, 0.25) is 0 Å². The predicted molar refractivity (Wildman–Crippen MR) is 236 cm³/mol. The fraction of sp³-hybridized carbons (Fsp3) is 0.0182. The van der Waals surface area contributed by atoms with Gasteiger partial charge >= 0.3 is 0 Å². The molecular formula is C55H34O. The molecule has 56 heavy (non-hydrogen) atoms. The average Bonchev–Trinajstić information content (AvgIpc) is 3.28. The molecule has 12 rings (SSSR count). The van der Waals surface area contributed by atoms with E-state index in [1.807, 2.05) is 0 Å². The molecule has 0 saturated carbocycles. The lowest BCUT2D eigenvalue weighted by Crippen LogP contribution is -2.14. The van der Waals surface area contributed by atoms with Gasteiger partial charge in [0.15, 0.2) is 0 Å². The van der Waals surface area contributed by atoms with E-state index in [1.165, 1.54) is 92.8 Å². The number of ether oxygens (including phenoxy) is 1. The van der Waals surface area contributed by atoms with Gasteiger partial charge in [-0.15, -0.1) is 0 Å². The second-order valence-corrected chi connectivity index (χ2v) is 15.0. The Morgan fingerprint density at radius 3 is 0.964 bits per heavy atom. The summed E-state index contributed by atoms with van der Waals surface area (Å²) in [4.78, 5) is 0. The van der Waals surface area contributed by atoms with E-state index in [1.54, 1.807) is 0 Å². The Kier molecular flexibility index (Phi) is 6.76. The Morgan fingerprint density at radius 1 is 0.250 bits per heavy atom. The molecule has 1 nitrogen and oxygen atoms in total. The molecule has 0 N–H and O–H groups in total. The Bertz CT molecular complexity index is 3190. The smallest absolute Gasteiger partial charge is 0.140 e. The lowest BCUT2D eigenvalue weighted by molar-refractivity contribution is 0.467. The van der Waals surface area contributed by atoms with Crippen LogP contribution in [0, 0.1) is 0 Å². The lowest BCUT2D eigenvalue weighted by Gasteiger charge is -2.33. The molecule has 1 aliphatic heterocycles. The van der Waals surface area contributed by atoms with Crippen LogP contribution in [-0.2, 0) is 0 Å². The zero-order valence-corrected chi connectivity index (χ0v) is 30.5. The molecule has 260 valence electrons. The molecule has 0 saturated heterocycles. The highest BCUT2D eigenvalue weighted by Crippen LogP contribution is 2.57. The third-order valence-electron chi connectivity index (χ3n) is 12.2. The topological polar surface area (TPSA) is 9.23 Å². The highest BCUT2D eigenvalue weighted by Gasteiger charge is 2.35. The van der Waals surface area contributed by atoms with Crippen LogP contribution in [0.15, 0.2) is 200 Å². The summed E-state index contributed by atoms with van der Waals surface area (Å²) >= 11 is 0. The molecule has 0 atom stereocenters. The number of benzene rings is 11. The summed E-state index contributed by atoms with van der Waals surface area (Å²) in [5.74, 6) is 1.84. The highest BCUT2D eigenvalue weighted by atomic mass is 16.5. The summed E-state index contributed by atoms with van der Waals surface area (Å²) in [5, 5.41) is 14.7. The molecule has 0 aromatic heterocycles. The van der Waals surface area contributed by atoms with Crippen molar-refractivity contribution < 1.29 is 4.74 Å². The van der Waals surface area contributed by atoms with Crippen LogP contribution in [0.2, 0.25) is 0 Å². The number of hydrogen-bond donors (Lipinski definition) is 0. The van der Waals surface area contributed by atoms with Gasteiger partial charge in [0.25, 0.3) is 0 Å². The van der Waals surface area contributed by atoms with Gasteiger partial charge in [-0.25, -0.2) is 0 Å². The van der Waals surface area contributed by atoms with Crippen LogP contribution in [-0.4, -0.2) is 0 Å². The van der Waals surface area contributed by atoms with Gasteiger partial charge in [-0.05, 0) is 81.7 Å². The van der Waals surface area contributed by atoms with Gasteiger partial charge in [-0.3, -0.25) is 0 Å². The van der Waals surface area contributed by atoms with Gasteiger partial charge in [0.05, 0.1) is 0 Å². The Hall–Kier alpha value is -7.22. The van der Waals surface area contributed by atoms with Crippen LogP contribution in [0.1, 0.15) is 22.6 Å². The van der Waals surface area contributed by atoms with Gasteiger partial charge in [0.1, 0.15) is 11.5 Å². The maximum atomic E-state index is 7.31. The van der Waals surface area contributed by atoms with Gasteiger partial charge in [-0.2, -0.15) is 0 Å². The van der Waals surface area contributed by atoms with E-state index in [-0.39, 0.29) is 5.92 Å². The minimum Gasteiger partial charge on any atom is -0.455 e. The first kappa shape index (κ1) is 31.2. The molecule has 0 bridgehead atoms. The SMILES string of the molecule is c1ccc(-c2c3ccccc3c(-c3ccc(C4c5c(c6ccccc6c6ccccc56)Oc5c4c4ccccc4c4ccccc54)cc3)c3ccccc23)cc1. The van der Waals surface area contributed by atoms with Gasteiger partial charge < -0.3 is 4.74 Å². The molecule has 0 unspecified atom stereocenters. The van der Waals surface area contributed by atoms with Gasteiger partial charge in [-0.1, -0.05) is 200 Å². The molecule has 0 spiro atoms. The molecule has 0 fully saturated rings. The molecule has 1 heterocycles. The normalized spacial score (nSPS) is 12.7. The van der Waals surface area contributed by atoms with Crippen LogP contribution < -0.4 is 4.74 Å². The highest BCUT2D eigenvalue weighted by molar-refractivity contribution is 6.22. The standard InChI is InChI=1S/C55H34O/c1-2-16-34(17-3-1)49-43-24-10-12-26-45(43)50(46-27-13-11-25-44(46)49)35-30-32-36(33-31-35)51-52-41-22-8-4-18-37(41)39-20-6-14-28-47(39)54(52)56-55-48-29-15-7-21-40(48)38-19-5-9-23-42(38)53(51)55/h1-33,51H. The first-order valence-corrected chi connectivity index (χ1v) is 19.5. The van der Waals surface area contributed by atoms with Crippen LogP contribution in [0.3, 0.4) is 0 Å². The molecular weight excluding hydrogens is 677 g/mol. The van der Waals surface area contributed by atoms with Crippen molar-refractivity contribution in [2.75, 3.05) is 0 Å². The van der Waals surface area contributed by atoms with E-state index in [0.29, 0.717) is 0 Å². The van der Waals surface area contributed by atoms with E-state index in [0.717, 1.165) is 22.3 Å². The summed E-state index contributed by atoms with van der Waals surface area (Å²) in [6, 6.07) is 73.3. The Labute approximate surface area is 324 Å². The predicted octanol–water partition coefficient (Wildman–Crippen LogP) is 15.2. The van der Waals surface area contributed by atoms with Crippen LogP contribution in [0.25, 0.3) is 86.9 Å². The van der Waals surface area contributed by atoms with Gasteiger partial charge in [0, 0.05) is 27.8 Å². The van der Waals surface area contributed by atoms with Crippen molar-refractivity contribution in [2.24, 2.45) is 0 Å².